The highest BCUT2D eigenvalue weighted by Gasteiger charge is 2.41. The van der Waals surface area contributed by atoms with Crippen molar-refractivity contribution in [1.29, 1.82) is 5.26 Å². The van der Waals surface area contributed by atoms with Crippen LogP contribution in [0.2, 0.25) is 0 Å². The molecular formula is C24H25N3O. The minimum absolute atomic E-state index is 0.0872. The number of hydrogen-bond acceptors (Lipinski definition) is 3. The molecule has 0 saturated carbocycles. The zero-order chi connectivity index (χ0) is 19.1. The van der Waals surface area contributed by atoms with Crippen LogP contribution < -0.4 is 4.90 Å². The number of amides is 1. The molecule has 2 aliphatic heterocycles. The summed E-state index contributed by atoms with van der Waals surface area (Å²) in [5.41, 5.74) is 5.39. The number of carbonyl (C=O) groups is 1. The molecule has 2 saturated heterocycles. The van der Waals surface area contributed by atoms with Crippen LogP contribution in [0.4, 0.5) is 5.69 Å². The zero-order valence-corrected chi connectivity index (χ0v) is 16.1. The minimum Gasteiger partial charge on any atom is -0.372 e. The van der Waals surface area contributed by atoms with E-state index in [9.17, 15) is 4.79 Å². The van der Waals surface area contributed by atoms with E-state index in [-0.39, 0.29) is 11.9 Å². The molecule has 2 bridgehead atoms. The first kappa shape index (κ1) is 17.3. The summed E-state index contributed by atoms with van der Waals surface area (Å²) in [5.74, 6) is 0.671. The van der Waals surface area contributed by atoms with E-state index in [1.54, 1.807) is 24.3 Å². The fraction of sp³-hybridized carbons (Fsp3) is 0.417. The first-order valence-electron chi connectivity index (χ1n) is 10.4. The van der Waals surface area contributed by atoms with Gasteiger partial charge in [-0.05, 0) is 85.5 Å². The van der Waals surface area contributed by atoms with E-state index in [2.05, 4.69) is 34.1 Å². The predicted octanol–water partition coefficient (Wildman–Crippen LogP) is 4.62. The fourth-order valence-corrected chi connectivity index (χ4v) is 5.21. The summed E-state index contributed by atoms with van der Waals surface area (Å²) in [6.07, 6.45) is 5.95. The molecule has 1 aliphatic carbocycles. The number of fused-ring (bicyclic) bond motifs is 5. The lowest BCUT2D eigenvalue weighted by Crippen LogP contribution is -2.37. The van der Waals surface area contributed by atoms with Crippen molar-refractivity contribution in [3.63, 3.8) is 0 Å². The molecule has 4 nitrogen and oxygen atoms in total. The summed E-state index contributed by atoms with van der Waals surface area (Å²) in [7, 11) is 0. The Kier molecular flexibility index (Phi) is 4.31. The molecule has 2 atom stereocenters. The Balaban J connectivity index is 1.44. The average Bonchev–Trinajstić information content (AvgIpc) is 3.05. The Bertz CT molecular complexity index is 937. The second kappa shape index (κ2) is 6.98. The van der Waals surface area contributed by atoms with Gasteiger partial charge >= 0.3 is 0 Å². The van der Waals surface area contributed by atoms with Gasteiger partial charge in [-0.15, -0.1) is 0 Å². The quantitative estimate of drug-likeness (QED) is 0.774. The Hall–Kier alpha value is -2.80. The van der Waals surface area contributed by atoms with Crippen LogP contribution in [0.3, 0.4) is 0 Å². The predicted molar refractivity (Wildman–Crippen MR) is 109 cm³/mol. The molecule has 4 heteroatoms. The number of hydrogen-bond donors (Lipinski definition) is 0. The lowest BCUT2D eigenvalue weighted by atomic mass is 9.95. The van der Waals surface area contributed by atoms with Gasteiger partial charge in [0, 0.05) is 30.9 Å². The molecular weight excluding hydrogens is 346 g/mol. The average molecular weight is 371 g/mol. The third kappa shape index (κ3) is 2.86. The number of anilines is 1. The van der Waals surface area contributed by atoms with Crippen molar-refractivity contribution in [2.75, 3.05) is 24.5 Å². The topological polar surface area (TPSA) is 47.3 Å². The smallest absolute Gasteiger partial charge is 0.254 e. The van der Waals surface area contributed by atoms with Crippen LogP contribution in [-0.4, -0.2) is 30.4 Å². The zero-order valence-electron chi connectivity index (χ0n) is 16.1. The highest BCUT2D eigenvalue weighted by Crippen LogP contribution is 2.50. The summed E-state index contributed by atoms with van der Waals surface area (Å²) < 4.78 is 0. The van der Waals surface area contributed by atoms with Gasteiger partial charge in [0.05, 0.1) is 17.7 Å². The van der Waals surface area contributed by atoms with Crippen molar-refractivity contribution < 1.29 is 4.79 Å². The third-order valence-electron chi connectivity index (χ3n) is 6.71. The number of carbonyl (C=O) groups excluding carboxylic acids is 1. The molecule has 3 aliphatic rings. The molecule has 142 valence electrons. The summed E-state index contributed by atoms with van der Waals surface area (Å²) in [5, 5.41) is 8.99. The molecule has 2 heterocycles. The first-order chi connectivity index (χ1) is 13.7. The number of piperidine rings is 2. The number of nitrogens with zero attached hydrogens (tertiary/aromatic N) is 3. The van der Waals surface area contributed by atoms with Gasteiger partial charge < -0.3 is 9.80 Å². The molecule has 0 N–H and O–H groups in total. The lowest BCUT2D eigenvalue weighted by molar-refractivity contribution is 0.0620. The van der Waals surface area contributed by atoms with E-state index >= 15 is 0 Å². The van der Waals surface area contributed by atoms with Crippen LogP contribution in [0.15, 0.2) is 42.5 Å². The van der Waals surface area contributed by atoms with Crippen LogP contribution in [0.1, 0.15) is 71.1 Å². The molecule has 2 fully saturated rings. The van der Waals surface area contributed by atoms with E-state index in [0.717, 1.165) is 32.5 Å². The molecule has 28 heavy (non-hydrogen) atoms. The SMILES string of the molecule is N#Cc1ccc(C(=O)N2CC[C@@H]3CC2c2cc(N4CCCCC4)ccc23)cc1. The molecule has 0 aromatic heterocycles. The van der Waals surface area contributed by atoms with Crippen molar-refractivity contribution >= 4 is 11.6 Å². The molecule has 2 aromatic carbocycles. The van der Waals surface area contributed by atoms with Crippen LogP contribution in [0.5, 0.6) is 0 Å². The fourth-order valence-electron chi connectivity index (χ4n) is 5.21. The minimum atomic E-state index is 0.0872. The van der Waals surface area contributed by atoms with Crippen molar-refractivity contribution in [3.05, 3.63) is 64.7 Å². The second-order valence-electron chi connectivity index (χ2n) is 8.29. The van der Waals surface area contributed by atoms with E-state index in [1.807, 2.05) is 0 Å². The molecule has 1 unspecified atom stereocenters. The Morgan fingerprint density at radius 3 is 2.50 bits per heavy atom. The van der Waals surface area contributed by atoms with Crippen LogP contribution in [0, 0.1) is 11.3 Å². The largest absolute Gasteiger partial charge is 0.372 e. The lowest BCUT2D eigenvalue weighted by Gasteiger charge is -2.34. The van der Waals surface area contributed by atoms with Crippen molar-refractivity contribution in [2.24, 2.45) is 0 Å². The molecule has 0 spiro atoms. The van der Waals surface area contributed by atoms with Gasteiger partial charge in [-0.1, -0.05) is 6.07 Å². The maximum atomic E-state index is 13.2. The van der Waals surface area contributed by atoms with Gasteiger partial charge in [0.2, 0.25) is 0 Å². The van der Waals surface area contributed by atoms with Crippen LogP contribution in [0.25, 0.3) is 0 Å². The summed E-state index contributed by atoms with van der Waals surface area (Å²) in [4.78, 5) is 17.8. The summed E-state index contributed by atoms with van der Waals surface area (Å²) >= 11 is 0. The van der Waals surface area contributed by atoms with Gasteiger partial charge in [-0.2, -0.15) is 5.26 Å². The summed E-state index contributed by atoms with van der Waals surface area (Å²) in [6, 6.07) is 16.3. The second-order valence-corrected chi connectivity index (χ2v) is 8.29. The van der Waals surface area contributed by atoms with Crippen molar-refractivity contribution in [1.82, 2.24) is 4.90 Å². The Morgan fingerprint density at radius 2 is 1.75 bits per heavy atom. The molecule has 0 radical (unpaired) electrons. The maximum absolute atomic E-state index is 13.2. The number of benzene rings is 2. The van der Waals surface area contributed by atoms with Gasteiger partial charge in [0.25, 0.3) is 5.91 Å². The van der Waals surface area contributed by atoms with Crippen LogP contribution >= 0.6 is 0 Å². The standard InChI is InChI=1S/C24H25N3O/c25-16-17-4-6-18(7-5-17)24(28)27-13-10-19-14-23(27)22-15-20(8-9-21(19)22)26-11-2-1-3-12-26/h4-9,15,19,23H,1-3,10-14H2/t19-,23?/m1/s1. The van der Waals surface area contributed by atoms with E-state index in [0.29, 0.717) is 17.0 Å². The maximum Gasteiger partial charge on any atom is 0.254 e. The summed E-state index contributed by atoms with van der Waals surface area (Å²) in [6.45, 7) is 3.09. The van der Waals surface area contributed by atoms with Crippen molar-refractivity contribution in [3.8, 4) is 6.07 Å². The normalized spacial score (nSPS) is 23.2. The Morgan fingerprint density at radius 1 is 0.964 bits per heavy atom. The monoisotopic (exact) mass is 371 g/mol. The van der Waals surface area contributed by atoms with Crippen LogP contribution in [-0.2, 0) is 0 Å². The van der Waals surface area contributed by atoms with Gasteiger partial charge in [0.15, 0.2) is 0 Å². The molecule has 2 aromatic rings. The van der Waals surface area contributed by atoms with E-state index < -0.39 is 0 Å². The van der Waals surface area contributed by atoms with Crippen molar-refractivity contribution in [2.45, 2.75) is 44.1 Å². The van der Waals surface area contributed by atoms with Gasteiger partial charge in [-0.3, -0.25) is 4.79 Å². The molecule has 5 rings (SSSR count). The highest BCUT2D eigenvalue weighted by molar-refractivity contribution is 5.95. The van der Waals surface area contributed by atoms with Gasteiger partial charge in [-0.25, -0.2) is 0 Å². The number of likely N-dealkylation sites (tertiary alicyclic amines) is 1. The first-order valence-corrected chi connectivity index (χ1v) is 10.4. The number of nitriles is 1. The van der Waals surface area contributed by atoms with E-state index in [4.69, 9.17) is 5.26 Å². The number of rotatable bonds is 2. The Labute approximate surface area is 166 Å². The van der Waals surface area contributed by atoms with Gasteiger partial charge in [0.1, 0.15) is 0 Å². The van der Waals surface area contributed by atoms with E-state index in [1.165, 1.54) is 36.1 Å². The molecule has 1 amide bonds. The third-order valence-corrected chi connectivity index (χ3v) is 6.71. The highest BCUT2D eigenvalue weighted by atomic mass is 16.2.